The molecule has 0 aliphatic heterocycles. The van der Waals surface area contributed by atoms with E-state index >= 15 is 0 Å². The molecule has 24 heavy (non-hydrogen) atoms. The summed E-state index contributed by atoms with van der Waals surface area (Å²) in [6.45, 7) is 3.84. The van der Waals surface area contributed by atoms with Crippen LogP contribution in [-0.2, 0) is 21.2 Å². The van der Waals surface area contributed by atoms with Crippen LogP contribution < -0.4 is 4.31 Å². The first-order valence-electron chi connectivity index (χ1n) is 7.59. The van der Waals surface area contributed by atoms with Crippen molar-refractivity contribution in [2.45, 2.75) is 31.6 Å². The van der Waals surface area contributed by atoms with Gasteiger partial charge in [0.15, 0.2) is 0 Å². The van der Waals surface area contributed by atoms with E-state index in [0.29, 0.717) is 12.1 Å². The molecule has 128 valence electrons. The van der Waals surface area contributed by atoms with Crippen LogP contribution in [0, 0.1) is 13.8 Å². The Balaban J connectivity index is 2.27. The summed E-state index contributed by atoms with van der Waals surface area (Å²) >= 11 is 0. The predicted molar refractivity (Wildman–Crippen MR) is 93.9 cm³/mol. The first-order chi connectivity index (χ1) is 11.2. The zero-order valence-corrected chi connectivity index (χ0v) is 14.8. The van der Waals surface area contributed by atoms with Gasteiger partial charge in [0.2, 0.25) is 0 Å². The molecule has 0 aliphatic carbocycles. The van der Waals surface area contributed by atoms with Gasteiger partial charge in [-0.3, -0.25) is 9.10 Å². The molecule has 6 heteroatoms. The van der Waals surface area contributed by atoms with Crippen molar-refractivity contribution in [1.82, 2.24) is 0 Å². The predicted octanol–water partition coefficient (Wildman–Crippen LogP) is 3.15. The second kappa shape index (κ2) is 7.05. The van der Waals surface area contributed by atoms with Gasteiger partial charge in [0.25, 0.3) is 10.0 Å². The lowest BCUT2D eigenvalue weighted by atomic mass is 10.1. The van der Waals surface area contributed by atoms with Crippen molar-refractivity contribution in [3.8, 4) is 0 Å². The Kier molecular flexibility index (Phi) is 5.29. The first kappa shape index (κ1) is 18.0. The lowest BCUT2D eigenvalue weighted by Gasteiger charge is -2.22. The number of anilines is 1. The molecule has 0 fully saturated rings. The minimum absolute atomic E-state index is 0.0224. The number of carboxylic acids is 1. The molecule has 0 unspecified atom stereocenters. The summed E-state index contributed by atoms with van der Waals surface area (Å²) in [5.41, 5.74) is 3.39. The topological polar surface area (TPSA) is 74.7 Å². The molecular weight excluding hydrogens is 326 g/mol. The molecule has 0 spiro atoms. The minimum Gasteiger partial charge on any atom is -0.481 e. The van der Waals surface area contributed by atoms with E-state index in [4.69, 9.17) is 5.11 Å². The fourth-order valence-electron chi connectivity index (χ4n) is 2.53. The zero-order chi connectivity index (χ0) is 17.9. The van der Waals surface area contributed by atoms with Gasteiger partial charge in [-0.05, 0) is 49.6 Å². The maximum atomic E-state index is 12.8. The largest absolute Gasteiger partial charge is 0.481 e. The summed E-state index contributed by atoms with van der Waals surface area (Å²) < 4.78 is 26.8. The number of aryl methyl sites for hydroxylation is 3. The van der Waals surface area contributed by atoms with Crippen LogP contribution in [0.5, 0.6) is 0 Å². The van der Waals surface area contributed by atoms with E-state index < -0.39 is 16.0 Å². The number of hydrogen-bond donors (Lipinski definition) is 1. The third-order valence-electron chi connectivity index (χ3n) is 3.90. The molecule has 0 bridgehead atoms. The van der Waals surface area contributed by atoms with Crippen LogP contribution in [-0.4, -0.2) is 26.5 Å². The molecule has 2 rings (SSSR count). The van der Waals surface area contributed by atoms with Crippen LogP contribution in [0.3, 0.4) is 0 Å². The number of rotatable bonds is 6. The second-order valence-corrected chi connectivity index (χ2v) is 7.77. The quantitative estimate of drug-likeness (QED) is 0.871. The van der Waals surface area contributed by atoms with Crippen LogP contribution in [0.15, 0.2) is 47.4 Å². The van der Waals surface area contributed by atoms with Crippen LogP contribution in [0.2, 0.25) is 0 Å². The van der Waals surface area contributed by atoms with Gasteiger partial charge < -0.3 is 5.11 Å². The Bertz CT molecular complexity index is 842. The monoisotopic (exact) mass is 347 g/mol. The lowest BCUT2D eigenvalue weighted by Crippen LogP contribution is -2.27. The highest BCUT2D eigenvalue weighted by Crippen LogP contribution is 2.26. The summed E-state index contributed by atoms with van der Waals surface area (Å²) in [4.78, 5) is 10.8. The van der Waals surface area contributed by atoms with Crippen LogP contribution >= 0.6 is 0 Å². The van der Waals surface area contributed by atoms with Gasteiger partial charge in [0.1, 0.15) is 0 Å². The van der Waals surface area contributed by atoms with Gasteiger partial charge >= 0.3 is 5.97 Å². The first-order valence-corrected chi connectivity index (χ1v) is 9.03. The molecule has 2 aromatic rings. The van der Waals surface area contributed by atoms with E-state index in [2.05, 4.69) is 0 Å². The molecule has 0 saturated carbocycles. The molecule has 0 radical (unpaired) electrons. The third-order valence-corrected chi connectivity index (χ3v) is 5.69. The van der Waals surface area contributed by atoms with Crippen LogP contribution in [0.4, 0.5) is 5.69 Å². The van der Waals surface area contributed by atoms with Crippen molar-refractivity contribution in [3.63, 3.8) is 0 Å². The molecule has 0 aromatic heterocycles. The summed E-state index contributed by atoms with van der Waals surface area (Å²) in [7, 11) is -2.13. The lowest BCUT2D eigenvalue weighted by molar-refractivity contribution is -0.136. The van der Waals surface area contributed by atoms with Gasteiger partial charge in [-0.1, -0.05) is 29.8 Å². The highest BCUT2D eigenvalue weighted by Gasteiger charge is 2.22. The molecule has 5 nitrogen and oxygen atoms in total. The van der Waals surface area contributed by atoms with Crippen molar-refractivity contribution in [3.05, 3.63) is 59.2 Å². The normalized spacial score (nSPS) is 11.3. The fraction of sp³-hybridized carbons (Fsp3) is 0.278. The van der Waals surface area contributed by atoms with Gasteiger partial charge in [-0.25, -0.2) is 8.42 Å². The van der Waals surface area contributed by atoms with Gasteiger partial charge in [-0.2, -0.15) is 0 Å². The molecule has 0 atom stereocenters. The maximum Gasteiger partial charge on any atom is 0.303 e. The fourth-order valence-corrected chi connectivity index (χ4v) is 3.79. The summed E-state index contributed by atoms with van der Waals surface area (Å²) in [5.74, 6) is -0.874. The van der Waals surface area contributed by atoms with Crippen LogP contribution in [0.1, 0.15) is 23.1 Å². The average Bonchev–Trinajstić information content (AvgIpc) is 2.52. The molecule has 1 N–H and O–H groups in total. The van der Waals surface area contributed by atoms with E-state index in [-0.39, 0.29) is 11.3 Å². The number of benzene rings is 2. The highest BCUT2D eigenvalue weighted by molar-refractivity contribution is 7.92. The number of hydrogen-bond acceptors (Lipinski definition) is 3. The highest BCUT2D eigenvalue weighted by atomic mass is 32.2. The number of aliphatic carboxylic acids is 1. The minimum atomic E-state index is -3.66. The number of carbonyl (C=O) groups is 1. The molecule has 0 aliphatic rings. The Morgan fingerprint density at radius 2 is 1.71 bits per heavy atom. The van der Waals surface area contributed by atoms with Crippen molar-refractivity contribution < 1.29 is 18.3 Å². The van der Waals surface area contributed by atoms with E-state index in [0.717, 1.165) is 16.7 Å². The number of carboxylic acid groups (broad SMARTS) is 1. The van der Waals surface area contributed by atoms with E-state index in [9.17, 15) is 13.2 Å². The number of sulfonamides is 1. The van der Waals surface area contributed by atoms with Gasteiger partial charge in [0.05, 0.1) is 10.6 Å². The molecule has 2 aromatic carbocycles. The van der Waals surface area contributed by atoms with Crippen molar-refractivity contribution in [2.75, 3.05) is 11.4 Å². The Hall–Kier alpha value is -2.34. The van der Waals surface area contributed by atoms with Crippen molar-refractivity contribution in [2.24, 2.45) is 0 Å². The maximum absolute atomic E-state index is 12.8. The Morgan fingerprint density at radius 3 is 2.25 bits per heavy atom. The van der Waals surface area contributed by atoms with Crippen molar-refractivity contribution in [1.29, 1.82) is 0 Å². The van der Waals surface area contributed by atoms with Gasteiger partial charge in [0, 0.05) is 13.5 Å². The standard InChI is InChI=1S/C18H21NO4S/c1-13-4-10-17(14(2)12-13)19(3)24(22,23)16-8-5-15(6-9-16)7-11-18(20)21/h4-6,8-10,12H,7,11H2,1-3H3,(H,20,21). The van der Waals surface area contributed by atoms with Gasteiger partial charge in [-0.15, -0.1) is 0 Å². The number of nitrogens with zero attached hydrogens (tertiary/aromatic N) is 1. The second-order valence-electron chi connectivity index (χ2n) is 5.80. The van der Waals surface area contributed by atoms with Crippen LogP contribution in [0.25, 0.3) is 0 Å². The zero-order valence-electron chi connectivity index (χ0n) is 14.0. The molecule has 0 amide bonds. The van der Waals surface area contributed by atoms with E-state index in [1.54, 1.807) is 18.2 Å². The average molecular weight is 347 g/mol. The van der Waals surface area contributed by atoms with E-state index in [1.165, 1.54) is 23.5 Å². The Morgan fingerprint density at radius 1 is 1.08 bits per heavy atom. The summed E-state index contributed by atoms with van der Waals surface area (Å²) in [5, 5.41) is 8.70. The van der Waals surface area contributed by atoms with Crippen molar-refractivity contribution >= 4 is 21.7 Å². The third kappa shape index (κ3) is 3.94. The van der Waals surface area contributed by atoms with E-state index in [1.807, 2.05) is 26.0 Å². The SMILES string of the molecule is Cc1ccc(N(C)S(=O)(=O)c2ccc(CCC(=O)O)cc2)c(C)c1. The Labute approximate surface area is 142 Å². The summed E-state index contributed by atoms with van der Waals surface area (Å²) in [6, 6.07) is 12.0. The molecule has 0 heterocycles. The summed E-state index contributed by atoms with van der Waals surface area (Å²) in [6.07, 6.45) is 0.400. The molecular formula is C18H21NO4S. The molecule has 0 saturated heterocycles. The smallest absolute Gasteiger partial charge is 0.303 e.